The fourth-order valence-electron chi connectivity index (χ4n) is 6.48. The van der Waals surface area contributed by atoms with Gasteiger partial charge in [0.1, 0.15) is 30.1 Å². The van der Waals surface area contributed by atoms with Gasteiger partial charge in [-0.1, -0.05) is 24.3 Å². The van der Waals surface area contributed by atoms with Gasteiger partial charge in [0.15, 0.2) is 11.9 Å². The van der Waals surface area contributed by atoms with Gasteiger partial charge in [-0.15, -0.1) is 11.8 Å². The van der Waals surface area contributed by atoms with Crippen molar-refractivity contribution in [1.82, 2.24) is 24.6 Å². The molecule has 302 valence electrons. The molecule has 2 unspecified atom stereocenters. The molecule has 14 nitrogen and oxygen atoms in total. The maximum atomic E-state index is 15.7. The maximum absolute atomic E-state index is 15.7. The highest BCUT2D eigenvalue weighted by atomic mass is 32.2. The summed E-state index contributed by atoms with van der Waals surface area (Å²) in [7, 11) is 0. The van der Waals surface area contributed by atoms with E-state index in [1.165, 1.54) is 53.4 Å². The number of aromatic nitrogens is 3. The van der Waals surface area contributed by atoms with Crippen LogP contribution < -0.4 is 0 Å². The zero-order valence-corrected chi connectivity index (χ0v) is 31.8. The van der Waals surface area contributed by atoms with Gasteiger partial charge in [0, 0.05) is 48.0 Å². The number of thioether (sulfide) groups is 1. The highest BCUT2D eigenvalue weighted by molar-refractivity contribution is 8.00. The molecule has 2 aromatic carbocycles. The molecule has 3 fully saturated rings. The summed E-state index contributed by atoms with van der Waals surface area (Å²) in [6.45, 7) is 4.25. The van der Waals surface area contributed by atoms with Crippen LogP contribution in [-0.2, 0) is 45.4 Å². The van der Waals surface area contributed by atoms with Gasteiger partial charge in [-0.05, 0) is 56.8 Å². The van der Waals surface area contributed by atoms with Gasteiger partial charge in [0.05, 0.1) is 43.1 Å². The van der Waals surface area contributed by atoms with Crippen LogP contribution in [0.25, 0.3) is 6.08 Å². The summed E-state index contributed by atoms with van der Waals surface area (Å²) < 4.78 is 73.1. The lowest BCUT2D eigenvalue weighted by atomic mass is 9.89. The van der Waals surface area contributed by atoms with Gasteiger partial charge < -0.3 is 28.6 Å². The molecule has 0 radical (unpaired) electrons. The molecule has 57 heavy (non-hydrogen) atoms. The van der Waals surface area contributed by atoms with Crippen LogP contribution in [0.5, 0.6) is 0 Å². The van der Waals surface area contributed by atoms with E-state index in [0.29, 0.717) is 30.8 Å². The Morgan fingerprint density at radius 3 is 2.51 bits per heavy atom. The first kappa shape index (κ1) is 41.4. The fourth-order valence-corrected chi connectivity index (χ4v) is 7.84. The molecule has 6 rings (SSSR count). The Balaban J connectivity index is 1.06. The van der Waals surface area contributed by atoms with E-state index in [-0.39, 0.29) is 54.9 Å². The van der Waals surface area contributed by atoms with E-state index in [1.54, 1.807) is 30.1 Å². The lowest BCUT2D eigenvalue weighted by molar-refractivity contribution is -0.157. The van der Waals surface area contributed by atoms with Gasteiger partial charge >= 0.3 is 12.1 Å². The number of carbonyl (C=O) groups is 3. The average molecular weight is 811 g/mol. The highest BCUT2D eigenvalue weighted by Crippen LogP contribution is 2.42. The van der Waals surface area contributed by atoms with E-state index in [4.69, 9.17) is 28.9 Å². The molecule has 1 aromatic heterocycles. The molecule has 2 atom stereocenters. The standard InChI is InChI=1S/C39H41F3N6O8S/c1-26(57-31-20-52-37(53-21-31)6-3-2-5-28-8-7-27(17-43)15-33(28)41)39(22-48-24-44-23-45-48,32-10-9-29(40)16-34(32)42)56-38(51)55-25-54-36(50)12-11-35(49)47-18-30(19-47)46-13-4-14-46/h2-3,5-10,15-16,23-24,26,30-31,37H,4,11-14,18-22,25H2,1H3. The first-order valence-corrected chi connectivity index (χ1v) is 19.2. The van der Waals surface area contributed by atoms with Gasteiger partial charge in [-0.3, -0.25) is 14.5 Å². The van der Waals surface area contributed by atoms with E-state index in [9.17, 15) is 23.2 Å². The van der Waals surface area contributed by atoms with Crippen LogP contribution in [0.15, 0.2) is 67.3 Å². The van der Waals surface area contributed by atoms with Crippen molar-refractivity contribution in [3.63, 3.8) is 0 Å². The molecule has 3 saturated heterocycles. The molecule has 0 spiro atoms. The average Bonchev–Trinajstić information content (AvgIpc) is 3.66. The molecule has 0 N–H and O–H groups in total. The molecule has 3 aromatic rings. The van der Waals surface area contributed by atoms with Crippen LogP contribution in [0.1, 0.15) is 42.9 Å². The van der Waals surface area contributed by atoms with Crippen molar-refractivity contribution in [2.24, 2.45) is 0 Å². The number of ether oxygens (including phenoxy) is 5. The van der Waals surface area contributed by atoms with Crippen LogP contribution >= 0.6 is 11.8 Å². The number of nitrogens with zero attached hydrogens (tertiary/aromatic N) is 6. The van der Waals surface area contributed by atoms with Crippen molar-refractivity contribution >= 4 is 35.9 Å². The summed E-state index contributed by atoms with van der Waals surface area (Å²) in [4.78, 5) is 46.1. The van der Waals surface area contributed by atoms with Crippen molar-refractivity contribution in [3.8, 4) is 6.07 Å². The van der Waals surface area contributed by atoms with Crippen molar-refractivity contribution in [2.45, 2.75) is 61.2 Å². The summed E-state index contributed by atoms with van der Waals surface area (Å²) in [5, 5.41) is 11.9. The summed E-state index contributed by atoms with van der Waals surface area (Å²) in [5.41, 5.74) is -1.56. The molecule has 0 saturated carbocycles. The van der Waals surface area contributed by atoms with Crippen LogP contribution in [-0.4, -0.2) is 112 Å². The zero-order chi connectivity index (χ0) is 40.4. The second kappa shape index (κ2) is 19.3. The largest absolute Gasteiger partial charge is 0.512 e. The second-order valence-corrected chi connectivity index (χ2v) is 15.3. The number of rotatable bonds is 16. The number of benzene rings is 2. The van der Waals surface area contributed by atoms with Crippen LogP contribution in [0.3, 0.4) is 0 Å². The SMILES string of the molecule is CC(SC1COC(C=CC=Cc2ccc(C#N)cc2F)OC1)C(Cn1cncn1)(OC(=O)OCOC(=O)CCC(=O)N1CC(N2CCC2)C1)c1ccc(F)cc1F. The summed E-state index contributed by atoms with van der Waals surface area (Å²) >= 11 is 1.25. The number of likely N-dealkylation sites (tertiary alicyclic amines) is 2. The van der Waals surface area contributed by atoms with Crippen molar-refractivity contribution in [1.29, 1.82) is 5.26 Å². The fraction of sp³-hybridized carbons (Fsp3) is 0.436. The number of carbonyl (C=O) groups excluding carboxylic acids is 3. The first-order valence-electron chi connectivity index (χ1n) is 18.3. The second-order valence-electron chi connectivity index (χ2n) is 13.6. The molecule has 0 aliphatic carbocycles. The predicted octanol–water partition coefficient (Wildman–Crippen LogP) is 4.95. The molecule has 0 bridgehead atoms. The van der Waals surface area contributed by atoms with Crippen LogP contribution in [0, 0.1) is 28.8 Å². The topological polar surface area (TPSA) is 158 Å². The van der Waals surface area contributed by atoms with E-state index < -0.39 is 53.5 Å². The van der Waals surface area contributed by atoms with E-state index in [2.05, 4.69) is 15.0 Å². The van der Waals surface area contributed by atoms with Crippen LogP contribution in [0.4, 0.5) is 18.0 Å². The van der Waals surface area contributed by atoms with Crippen molar-refractivity contribution in [2.75, 3.05) is 46.2 Å². The summed E-state index contributed by atoms with van der Waals surface area (Å²) in [5.74, 6) is -3.31. The third-order valence-corrected chi connectivity index (χ3v) is 11.3. The number of nitriles is 1. The minimum atomic E-state index is -1.89. The predicted molar refractivity (Wildman–Crippen MR) is 198 cm³/mol. The molecule has 1 amide bonds. The Kier molecular flexibility index (Phi) is 14.0. The molecular weight excluding hydrogens is 770 g/mol. The Morgan fingerprint density at radius 2 is 1.84 bits per heavy atom. The summed E-state index contributed by atoms with van der Waals surface area (Å²) in [6, 6.07) is 9.27. The number of amides is 1. The lowest BCUT2D eigenvalue weighted by Crippen LogP contribution is -2.63. The number of esters is 1. The van der Waals surface area contributed by atoms with E-state index in [0.717, 1.165) is 31.6 Å². The zero-order valence-electron chi connectivity index (χ0n) is 31.0. The molecule has 3 aliphatic heterocycles. The summed E-state index contributed by atoms with van der Waals surface area (Å²) in [6.07, 6.45) is 7.82. The normalized spacial score (nSPS) is 20.3. The quantitative estimate of drug-likeness (QED) is 0.109. The minimum Gasteiger partial charge on any atom is -0.428 e. The molecule has 4 heterocycles. The third-order valence-electron chi connectivity index (χ3n) is 9.81. The van der Waals surface area contributed by atoms with Crippen molar-refractivity contribution < 1.29 is 51.2 Å². The molecule has 3 aliphatic rings. The third kappa shape index (κ3) is 10.8. The number of halogens is 3. The van der Waals surface area contributed by atoms with Gasteiger partial charge in [0.2, 0.25) is 12.7 Å². The first-order chi connectivity index (χ1) is 27.5. The van der Waals surface area contributed by atoms with Gasteiger partial charge in [0.25, 0.3) is 0 Å². The lowest BCUT2D eigenvalue weighted by Gasteiger charge is -2.49. The molecule has 18 heteroatoms. The van der Waals surface area contributed by atoms with Crippen molar-refractivity contribution in [3.05, 3.63) is 101 Å². The Hall–Kier alpha value is -5.22. The Bertz CT molecular complexity index is 1980. The monoisotopic (exact) mass is 810 g/mol. The van der Waals surface area contributed by atoms with Gasteiger partial charge in [-0.25, -0.2) is 27.6 Å². The van der Waals surface area contributed by atoms with E-state index in [1.807, 2.05) is 6.07 Å². The maximum Gasteiger partial charge on any atom is 0.512 e. The Morgan fingerprint density at radius 1 is 1.05 bits per heavy atom. The highest BCUT2D eigenvalue weighted by Gasteiger charge is 2.47. The minimum absolute atomic E-state index is 0.0562. The number of hydrogen-bond donors (Lipinski definition) is 0. The van der Waals surface area contributed by atoms with E-state index >= 15 is 4.39 Å². The molecular formula is C39H41F3N6O8S. The number of allylic oxidation sites excluding steroid dienone is 2. The van der Waals surface area contributed by atoms with Crippen LogP contribution in [0.2, 0.25) is 0 Å². The Labute approximate surface area is 331 Å². The smallest absolute Gasteiger partial charge is 0.428 e. The number of hydrogen-bond acceptors (Lipinski definition) is 13. The van der Waals surface area contributed by atoms with Gasteiger partial charge in [-0.2, -0.15) is 10.4 Å².